The van der Waals surface area contributed by atoms with Crippen LogP contribution in [0.4, 0.5) is 0 Å². The molecule has 0 aliphatic carbocycles. The van der Waals surface area contributed by atoms with Crippen molar-refractivity contribution in [1.29, 1.82) is 0 Å². The lowest BCUT2D eigenvalue weighted by Gasteiger charge is -2.23. The van der Waals surface area contributed by atoms with Crippen molar-refractivity contribution in [2.24, 2.45) is 5.92 Å². The molecule has 116 valence electrons. The minimum atomic E-state index is -0.938. The molecule has 0 fully saturated rings. The number of rotatable bonds is 9. The lowest BCUT2D eigenvalue weighted by Crippen LogP contribution is -2.37. The van der Waals surface area contributed by atoms with E-state index in [1.807, 2.05) is 24.3 Å². The van der Waals surface area contributed by atoms with Crippen LogP contribution in [-0.2, 0) is 11.2 Å². The van der Waals surface area contributed by atoms with Gasteiger partial charge in [0.2, 0.25) is 0 Å². The lowest BCUT2D eigenvalue weighted by molar-refractivity contribution is -0.138. The fourth-order valence-corrected chi connectivity index (χ4v) is 2.27. The van der Waals surface area contributed by atoms with Crippen molar-refractivity contribution in [1.82, 2.24) is 5.32 Å². The molecule has 1 aromatic rings. The quantitative estimate of drug-likeness (QED) is 0.612. The predicted octanol–water partition coefficient (Wildman–Crippen LogP) is 2.54. The Morgan fingerprint density at radius 1 is 1.33 bits per heavy atom. The molecule has 1 rings (SSSR count). The highest BCUT2D eigenvalue weighted by molar-refractivity contribution is 5.67. The van der Waals surface area contributed by atoms with Gasteiger partial charge in [-0.15, -0.1) is 6.58 Å². The van der Waals surface area contributed by atoms with E-state index in [4.69, 9.17) is 5.11 Å². The number of hydrogen-bond donors (Lipinski definition) is 3. The van der Waals surface area contributed by atoms with Crippen molar-refractivity contribution < 1.29 is 15.0 Å². The summed E-state index contributed by atoms with van der Waals surface area (Å²) in [6.07, 6.45) is 1.65. The molecule has 0 saturated heterocycles. The highest BCUT2D eigenvalue weighted by Gasteiger charge is 2.22. The van der Waals surface area contributed by atoms with Crippen molar-refractivity contribution in [3.05, 3.63) is 48.0 Å². The van der Waals surface area contributed by atoms with E-state index >= 15 is 0 Å². The van der Waals surface area contributed by atoms with Crippen LogP contribution >= 0.6 is 0 Å². The van der Waals surface area contributed by atoms with Crippen LogP contribution in [0.5, 0.6) is 0 Å². The molecule has 0 aromatic heterocycles. The van der Waals surface area contributed by atoms with Crippen molar-refractivity contribution >= 4 is 5.97 Å². The van der Waals surface area contributed by atoms with Gasteiger partial charge in [0.15, 0.2) is 0 Å². The summed E-state index contributed by atoms with van der Waals surface area (Å²) in [6.45, 7) is 8.37. The van der Waals surface area contributed by atoms with Gasteiger partial charge in [0.25, 0.3) is 0 Å². The van der Waals surface area contributed by atoms with E-state index in [2.05, 4.69) is 25.7 Å². The van der Waals surface area contributed by atoms with Gasteiger partial charge in [-0.25, -0.2) is 0 Å². The van der Waals surface area contributed by atoms with Gasteiger partial charge >= 0.3 is 5.97 Å². The number of benzene rings is 1. The molecule has 0 amide bonds. The van der Waals surface area contributed by atoms with Crippen LogP contribution in [-0.4, -0.2) is 28.8 Å². The summed E-state index contributed by atoms with van der Waals surface area (Å²) in [5.41, 5.74) is 1.94. The van der Waals surface area contributed by atoms with Crippen molar-refractivity contribution in [2.75, 3.05) is 6.54 Å². The van der Waals surface area contributed by atoms with Crippen molar-refractivity contribution in [2.45, 2.75) is 38.8 Å². The average Bonchev–Trinajstić information content (AvgIpc) is 2.42. The summed E-state index contributed by atoms with van der Waals surface area (Å²) in [4.78, 5) is 10.9. The molecule has 3 N–H and O–H groups in total. The minimum absolute atomic E-state index is 0.136. The molecule has 1 aromatic carbocycles. The Balaban J connectivity index is 2.79. The van der Waals surface area contributed by atoms with Gasteiger partial charge in [-0.3, -0.25) is 4.79 Å². The van der Waals surface area contributed by atoms with Crippen LogP contribution < -0.4 is 5.32 Å². The van der Waals surface area contributed by atoms with Crippen molar-refractivity contribution in [3.63, 3.8) is 0 Å². The number of carbonyl (C=O) groups is 1. The zero-order valence-corrected chi connectivity index (χ0v) is 12.7. The zero-order chi connectivity index (χ0) is 15.8. The molecule has 0 spiro atoms. The topological polar surface area (TPSA) is 69.6 Å². The van der Waals surface area contributed by atoms with Crippen LogP contribution in [0.3, 0.4) is 0 Å². The fourth-order valence-electron chi connectivity index (χ4n) is 2.27. The van der Waals surface area contributed by atoms with Gasteiger partial charge in [0.05, 0.1) is 12.5 Å². The van der Waals surface area contributed by atoms with E-state index in [0.29, 0.717) is 12.5 Å². The largest absolute Gasteiger partial charge is 0.481 e. The number of aliphatic hydroxyl groups is 1. The van der Waals surface area contributed by atoms with Gasteiger partial charge in [0, 0.05) is 12.6 Å². The maximum absolute atomic E-state index is 10.9. The van der Waals surface area contributed by atoms with Crippen LogP contribution in [0.25, 0.3) is 0 Å². The first-order chi connectivity index (χ1) is 9.93. The van der Waals surface area contributed by atoms with E-state index in [-0.39, 0.29) is 6.42 Å². The normalized spacial score (nSPS) is 13.9. The van der Waals surface area contributed by atoms with E-state index < -0.39 is 18.1 Å². The number of carboxylic acids is 1. The predicted molar refractivity (Wildman–Crippen MR) is 84.2 cm³/mol. The SMILES string of the molecule is C=CCNC(CC(=O)O)C(O)c1ccc(CC(C)C)cc1. The number of aliphatic hydroxyl groups excluding tert-OH is 1. The average molecular weight is 291 g/mol. The Hall–Kier alpha value is -1.65. The number of hydrogen-bond acceptors (Lipinski definition) is 3. The zero-order valence-electron chi connectivity index (χ0n) is 12.7. The highest BCUT2D eigenvalue weighted by atomic mass is 16.4. The third kappa shape index (κ3) is 6.10. The number of aliphatic carboxylic acids is 1. The third-order valence-corrected chi connectivity index (χ3v) is 3.27. The summed E-state index contributed by atoms with van der Waals surface area (Å²) in [7, 11) is 0. The summed E-state index contributed by atoms with van der Waals surface area (Å²) in [6, 6.07) is 7.18. The molecule has 0 heterocycles. The lowest BCUT2D eigenvalue weighted by atomic mass is 9.96. The standard InChI is InChI=1S/C17H25NO3/c1-4-9-18-15(11-16(19)20)17(21)14-7-5-13(6-8-14)10-12(2)3/h4-8,12,15,17-18,21H,1,9-11H2,2-3H3,(H,19,20). The summed E-state index contributed by atoms with van der Waals surface area (Å²) >= 11 is 0. The maximum Gasteiger partial charge on any atom is 0.305 e. The van der Waals surface area contributed by atoms with E-state index in [0.717, 1.165) is 12.0 Å². The van der Waals surface area contributed by atoms with Gasteiger partial charge in [0.1, 0.15) is 0 Å². The second-order valence-corrected chi connectivity index (χ2v) is 5.69. The van der Waals surface area contributed by atoms with Crippen LogP contribution in [0.2, 0.25) is 0 Å². The van der Waals surface area contributed by atoms with Gasteiger partial charge in [-0.1, -0.05) is 44.2 Å². The molecule has 4 nitrogen and oxygen atoms in total. The Kier molecular flexibility index (Phi) is 7.12. The van der Waals surface area contributed by atoms with Crippen LogP contribution in [0.15, 0.2) is 36.9 Å². The van der Waals surface area contributed by atoms with Crippen molar-refractivity contribution in [3.8, 4) is 0 Å². The number of nitrogens with one attached hydrogen (secondary N) is 1. The monoisotopic (exact) mass is 291 g/mol. The van der Waals surface area contributed by atoms with E-state index in [1.165, 1.54) is 5.56 Å². The Morgan fingerprint density at radius 2 is 1.95 bits per heavy atom. The smallest absolute Gasteiger partial charge is 0.305 e. The molecule has 0 radical (unpaired) electrons. The summed E-state index contributed by atoms with van der Waals surface area (Å²) < 4.78 is 0. The first-order valence-electron chi connectivity index (χ1n) is 7.27. The minimum Gasteiger partial charge on any atom is -0.481 e. The molecule has 4 heteroatoms. The van der Waals surface area contributed by atoms with Crippen LogP contribution in [0.1, 0.15) is 37.5 Å². The molecule has 0 aliphatic rings. The maximum atomic E-state index is 10.9. The third-order valence-electron chi connectivity index (χ3n) is 3.27. The Morgan fingerprint density at radius 3 is 2.43 bits per heavy atom. The van der Waals surface area contributed by atoms with Crippen LogP contribution in [0, 0.1) is 5.92 Å². The van der Waals surface area contributed by atoms with E-state index in [9.17, 15) is 9.90 Å². The molecular weight excluding hydrogens is 266 g/mol. The molecule has 0 saturated carbocycles. The molecule has 21 heavy (non-hydrogen) atoms. The molecular formula is C17H25NO3. The molecule has 0 bridgehead atoms. The molecule has 2 unspecified atom stereocenters. The van der Waals surface area contributed by atoms with E-state index in [1.54, 1.807) is 6.08 Å². The Bertz CT molecular complexity index is 454. The Labute approximate surface area is 126 Å². The second kappa shape index (κ2) is 8.60. The summed E-state index contributed by atoms with van der Waals surface area (Å²) in [5.74, 6) is -0.359. The van der Waals surface area contributed by atoms with Gasteiger partial charge in [-0.2, -0.15) is 0 Å². The molecule has 2 atom stereocenters. The second-order valence-electron chi connectivity index (χ2n) is 5.69. The highest BCUT2D eigenvalue weighted by Crippen LogP contribution is 2.20. The first-order valence-corrected chi connectivity index (χ1v) is 7.27. The first kappa shape index (κ1) is 17.4. The fraction of sp³-hybridized carbons (Fsp3) is 0.471. The van der Waals surface area contributed by atoms with Gasteiger partial charge < -0.3 is 15.5 Å². The molecule has 0 aliphatic heterocycles. The van der Waals surface area contributed by atoms with Gasteiger partial charge in [-0.05, 0) is 23.5 Å². The number of carboxylic acid groups (broad SMARTS) is 1. The summed E-state index contributed by atoms with van der Waals surface area (Å²) in [5, 5.41) is 22.3.